The molecular formula is C72H139N2O7P. The number of allylic oxidation sites excluding steroid dienone is 5. The van der Waals surface area contributed by atoms with Gasteiger partial charge in [-0.1, -0.05) is 321 Å². The molecule has 0 saturated heterocycles. The van der Waals surface area contributed by atoms with Crippen LogP contribution in [0.2, 0.25) is 0 Å². The number of phosphoric acid groups is 1. The summed E-state index contributed by atoms with van der Waals surface area (Å²) in [6.45, 7) is 6.87. The van der Waals surface area contributed by atoms with E-state index in [9.17, 15) is 19.0 Å². The van der Waals surface area contributed by atoms with Crippen molar-refractivity contribution in [2.45, 2.75) is 373 Å². The van der Waals surface area contributed by atoms with Crippen LogP contribution in [0.25, 0.3) is 0 Å². The molecule has 0 aliphatic carbocycles. The molecule has 3 atom stereocenters. The number of ether oxygens (including phenoxy) is 1. The molecule has 0 bridgehead atoms. The molecule has 0 radical (unpaired) electrons. The van der Waals surface area contributed by atoms with Gasteiger partial charge in [0.2, 0.25) is 5.91 Å². The molecule has 10 heteroatoms. The van der Waals surface area contributed by atoms with E-state index in [1.54, 1.807) is 0 Å². The van der Waals surface area contributed by atoms with Gasteiger partial charge in [0, 0.05) is 12.8 Å². The molecule has 0 aliphatic heterocycles. The Balaban J connectivity index is 4.97. The number of likely N-dealkylation sites (N-methyl/N-ethyl adjacent to an activating group) is 1. The zero-order valence-electron chi connectivity index (χ0n) is 55.5. The van der Waals surface area contributed by atoms with Crippen LogP contribution in [0.5, 0.6) is 0 Å². The summed E-state index contributed by atoms with van der Waals surface area (Å²) >= 11 is 0. The average molecular weight is 1180 g/mol. The minimum atomic E-state index is -4.70. The van der Waals surface area contributed by atoms with Gasteiger partial charge < -0.3 is 28.5 Å². The molecule has 0 rings (SSSR count). The molecule has 0 fully saturated rings. The van der Waals surface area contributed by atoms with Crippen LogP contribution in [0, 0.1) is 0 Å². The average Bonchev–Trinajstić information content (AvgIpc) is 3.44. The summed E-state index contributed by atoms with van der Waals surface area (Å²) in [5.41, 5.74) is 0. The van der Waals surface area contributed by atoms with Crippen molar-refractivity contribution in [3.63, 3.8) is 0 Å². The maximum atomic E-state index is 13.6. The first-order chi connectivity index (χ1) is 39.9. The highest BCUT2D eigenvalue weighted by Gasteiger charge is 2.27. The molecule has 1 amide bonds. The van der Waals surface area contributed by atoms with Crippen LogP contribution in [0.3, 0.4) is 0 Å². The summed E-state index contributed by atoms with van der Waals surface area (Å²) in [4.78, 5) is 40.1. The number of quaternary nitrogens is 1. The van der Waals surface area contributed by atoms with Gasteiger partial charge in [0.25, 0.3) is 7.82 Å². The predicted octanol–water partition coefficient (Wildman–Crippen LogP) is 22.0. The minimum Gasteiger partial charge on any atom is -0.756 e. The number of rotatable bonds is 66. The molecular weight excluding hydrogens is 1040 g/mol. The highest BCUT2D eigenvalue weighted by atomic mass is 31.2. The van der Waals surface area contributed by atoms with E-state index in [1.165, 1.54) is 250 Å². The van der Waals surface area contributed by atoms with Crippen molar-refractivity contribution in [3.05, 3.63) is 36.5 Å². The van der Waals surface area contributed by atoms with Crippen LogP contribution in [0.1, 0.15) is 361 Å². The number of carbonyl (C=O) groups is 2. The first kappa shape index (κ1) is 80.2. The first-order valence-corrected chi connectivity index (χ1v) is 37.3. The highest BCUT2D eigenvalue weighted by Crippen LogP contribution is 2.38. The second kappa shape index (κ2) is 62.3. The molecule has 484 valence electrons. The van der Waals surface area contributed by atoms with Crippen molar-refractivity contribution in [1.29, 1.82) is 0 Å². The van der Waals surface area contributed by atoms with Gasteiger partial charge in [-0.05, 0) is 63.9 Å². The Kier molecular flexibility index (Phi) is 60.9. The molecule has 3 unspecified atom stereocenters. The molecule has 0 aromatic carbocycles. The van der Waals surface area contributed by atoms with Gasteiger partial charge >= 0.3 is 5.97 Å². The van der Waals surface area contributed by atoms with Gasteiger partial charge in [-0.3, -0.25) is 14.2 Å². The Morgan fingerprint density at radius 1 is 0.427 bits per heavy atom. The molecule has 0 aromatic heterocycles. The maximum Gasteiger partial charge on any atom is 0.306 e. The fourth-order valence-electron chi connectivity index (χ4n) is 10.8. The SMILES string of the molecule is CCCCC/C=C\C/C=C\CCCCCCCCCC(=O)OC(/C=C\CCCCCCCCCCCC)C(COP(=O)([O-])OCC[N+](C)(C)C)NC(=O)CCCCCCCCCCCCCCCCCCCCCCCCCCCCC. The van der Waals surface area contributed by atoms with Crippen molar-refractivity contribution in [2.75, 3.05) is 40.9 Å². The van der Waals surface area contributed by atoms with Gasteiger partial charge in [-0.2, -0.15) is 0 Å². The van der Waals surface area contributed by atoms with E-state index in [0.29, 0.717) is 17.4 Å². The van der Waals surface area contributed by atoms with Crippen molar-refractivity contribution in [1.82, 2.24) is 5.32 Å². The molecule has 0 saturated carbocycles. The number of nitrogens with one attached hydrogen (secondary N) is 1. The third kappa shape index (κ3) is 62.8. The van der Waals surface area contributed by atoms with Gasteiger partial charge in [0.05, 0.1) is 33.8 Å². The lowest BCUT2D eigenvalue weighted by Gasteiger charge is -2.30. The fourth-order valence-corrected chi connectivity index (χ4v) is 11.5. The summed E-state index contributed by atoms with van der Waals surface area (Å²) in [6, 6.07) is -0.888. The number of esters is 1. The Hall–Kier alpha value is -1.77. The van der Waals surface area contributed by atoms with Gasteiger partial charge in [0.1, 0.15) is 19.3 Å². The number of carbonyl (C=O) groups excluding carboxylic acids is 2. The Morgan fingerprint density at radius 3 is 1.12 bits per heavy atom. The zero-order valence-corrected chi connectivity index (χ0v) is 56.4. The Bertz CT molecular complexity index is 1500. The lowest BCUT2D eigenvalue weighted by atomic mass is 10.0. The largest absolute Gasteiger partial charge is 0.756 e. The van der Waals surface area contributed by atoms with E-state index < -0.39 is 20.0 Å². The summed E-state index contributed by atoms with van der Waals surface area (Å²) < 4.78 is 30.4. The van der Waals surface area contributed by atoms with E-state index in [1.807, 2.05) is 33.3 Å². The fraction of sp³-hybridized carbons (Fsp3) is 0.889. The van der Waals surface area contributed by atoms with E-state index in [4.69, 9.17) is 13.8 Å². The number of nitrogens with zero attached hydrogens (tertiary/aromatic N) is 1. The normalized spacial score (nSPS) is 13.7. The Labute approximate surface area is 510 Å². The summed E-state index contributed by atoms with van der Waals surface area (Å²) in [7, 11) is 1.20. The molecule has 0 heterocycles. The van der Waals surface area contributed by atoms with Gasteiger partial charge in [0.15, 0.2) is 0 Å². The van der Waals surface area contributed by atoms with E-state index in [0.717, 1.165) is 77.0 Å². The lowest BCUT2D eigenvalue weighted by molar-refractivity contribution is -0.870. The molecule has 1 N–H and O–H groups in total. The van der Waals surface area contributed by atoms with Crippen LogP contribution in [-0.2, 0) is 27.9 Å². The van der Waals surface area contributed by atoms with Crippen LogP contribution in [0.15, 0.2) is 36.5 Å². The summed E-state index contributed by atoms with van der Waals surface area (Å²) in [5.74, 6) is -0.532. The standard InChI is InChI=1S/C72H139N2O7P/c1-7-10-13-16-19-22-25-28-30-32-33-34-35-36-37-38-39-40-41-43-44-46-49-52-55-58-61-64-71(75)73-69(68-80-82(77,78)79-67-66-74(4,5)6)70(63-60-57-54-51-48-27-24-21-18-15-12-9-3)81-72(76)65-62-59-56-53-50-47-45-42-31-29-26-23-20-17-14-11-8-2/h20,23,29,31,60,63,69-70H,7-19,21-22,24-28,30,32-59,61-62,64-68H2,1-6H3,(H-,73,75,77,78)/b23-20-,31-29-,63-60-. The molecule has 9 nitrogen and oxygen atoms in total. The van der Waals surface area contributed by atoms with Crippen molar-refractivity contribution < 1.29 is 37.3 Å². The monoisotopic (exact) mass is 1180 g/mol. The second-order valence-electron chi connectivity index (χ2n) is 25.7. The topological polar surface area (TPSA) is 114 Å². The minimum absolute atomic E-state index is 0.0210. The zero-order chi connectivity index (χ0) is 60.0. The molecule has 0 aromatic rings. The number of amides is 1. The predicted molar refractivity (Wildman–Crippen MR) is 353 cm³/mol. The van der Waals surface area contributed by atoms with Crippen LogP contribution in [0.4, 0.5) is 0 Å². The maximum absolute atomic E-state index is 13.6. The van der Waals surface area contributed by atoms with Crippen molar-refractivity contribution in [2.24, 2.45) is 0 Å². The summed E-state index contributed by atoms with van der Waals surface area (Å²) in [6.07, 6.45) is 77.0. The van der Waals surface area contributed by atoms with Gasteiger partial charge in [-0.15, -0.1) is 0 Å². The third-order valence-corrected chi connectivity index (χ3v) is 17.3. The number of phosphoric ester groups is 1. The molecule has 0 aliphatic rings. The van der Waals surface area contributed by atoms with Crippen molar-refractivity contribution in [3.8, 4) is 0 Å². The lowest BCUT2D eigenvalue weighted by Crippen LogP contribution is -2.47. The van der Waals surface area contributed by atoms with E-state index >= 15 is 0 Å². The first-order valence-electron chi connectivity index (χ1n) is 35.8. The Morgan fingerprint density at radius 2 is 0.744 bits per heavy atom. The molecule has 0 spiro atoms. The van der Waals surface area contributed by atoms with E-state index in [2.05, 4.69) is 50.4 Å². The number of hydrogen-bond donors (Lipinski definition) is 1. The van der Waals surface area contributed by atoms with Crippen LogP contribution < -0.4 is 10.2 Å². The number of hydrogen-bond acceptors (Lipinski definition) is 7. The highest BCUT2D eigenvalue weighted by molar-refractivity contribution is 7.45. The smallest absolute Gasteiger partial charge is 0.306 e. The number of unbranched alkanes of at least 4 members (excludes halogenated alkanes) is 46. The van der Waals surface area contributed by atoms with Crippen LogP contribution in [-0.4, -0.2) is 69.4 Å². The van der Waals surface area contributed by atoms with Crippen LogP contribution >= 0.6 is 7.82 Å². The van der Waals surface area contributed by atoms with Gasteiger partial charge in [-0.25, -0.2) is 0 Å². The quantitative estimate of drug-likeness (QED) is 0.0212. The van der Waals surface area contributed by atoms with E-state index in [-0.39, 0.29) is 31.5 Å². The summed E-state index contributed by atoms with van der Waals surface area (Å²) in [5, 5.41) is 3.05. The molecule has 82 heavy (non-hydrogen) atoms. The second-order valence-corrected chi connectivity index (χ2v) is 27.2. The van der Waals surface area contributed by atoms with Crippen molar-refractivity contribution >= 4 is 19.7 Å². The third-order valence-electron chi connectivity index (χ3n) is 16.3.